The van der Waals surface area contributed by atoms with Crippen molar-refractivity contribution in [1.29, 1.82) is 0 Å². The van der Waals surface area contributed by atoms with Crippen LogP contribution in [-0.4, -0.2) is 19.6 Å². The van der Waals surface area contributed by atoms with Crippen molar-refractivity contribution in [2.24, 2.45) is 7.05 Å². The van der Waals surface area contributed by atoms with E-state index in [1.165, 1.54) is 4.57 Å². The lowest BCUT2D eigenvalue weighted by Gasteiger charge is -2.07. The molecule has 2 aromatic heterocycles. The molecule has 2 heterocycles. The van der Waals surface area contributed by atoms with E-state index in [4.69, 9.17) is 0 Å². The minimum Gasteiger partial charge on any atom is -0.307 e. The fourth-order valence-corrected chi connectivity index (χ4v) is 2.50. The fourth-order valence-electron chi connectivity index (χ4n) is 2.05. The Morgan fingerprint density at radius 2 is 2.15 bits per heavy atom. The average Bonchev–Trinajstić information content (AvgIpc) is 2.77. The quantitative estimate of drug-likeness (QED) is 0.720. The standard InChI is InChI=1S/C13H10BrFN4O/c1-18-12-4-8(2-3-11(12)16-17-18)6-19-7-9(14)5-10(15)13(19)20/h2-5,7H,6H2,1H3. The number of hydrogen-bond donors (Lipinski definition) is 0. The molecule has 0 radical (unpaired) electrons. The molecule has 5 nitrogen and oxygen atoms in total. The van der Waals surface area contributed by atoms with Crippen molar-refractivity contribution in [3.05, 3.63) is 56.7 Å². The van der Waals surface area contributed by atoms with Crippen molar-refractivity contribution in [2.45, 2.75) is 6.54 Å². The van der Waals surface area contributed by atoms with E-state index in [1.54, 1.807) is 17.9 Å². The number of nitrogens with zero attached hydrogens (tertiary/aromatic N) is 4. The molecule has 0 fully saturated rings. The van der Waals surface area contributed by atoms with Gasteiger partial charge < -0.3 is 4.57 Å². The van der Waals surface area contributed by atoms with Crippen LogP contribution in [0.15, 0.2) is 39.7 Å². The highest BCUT2D eigenvalue weighted by Crippen LogP contribution is 2.14. The van der Waals surface area contributed by atoms with Gasteiger partial charge in [0.15, 0.2) is 5.82 Å². The monoisotopic (exact) mass is 336 g/mol. The van der Waals surface area contributed by atoms with Gasteiger partial charge in [-0.05, 0) is 39.7 Å². The summed E-state index contributed by atoms with van der Waals surface area (Å²) in [4.78, 5) is 11.7. The Hall–Kier alpha value is -2.02. The Balaban J connectivity index is 2.05. The van der Waals surface area contributed by atoms with Gasteiger partial charge in [-0.2, -0.15) is 0 Å². The van der Waals surface area contributed by atoms with Crippen LogP contribution in [0, 0.1) is 5.82 Å². The summed E-state index contributed by atoms with van der Waals surface area (Å²) in [6.07, 6.45) is 1.57. The highest BCUT2D eigenvalue weighted by atomic mass is 79.9. The molecule has 3 aromatic rings. The molecule has 0 bridgehead atoms. The fraction of sp³-hybridized carbons (Fsp3) is 0.154. The number of fused-ring (bicyclic) bond motifs is 1. The Morgan fingerprint density at radius 3 is 2.95 bits per heavy atom. The molecule has 0 spiro atoms. The normalized spacial score (nSPS) is 11.2. The summed E-state index contributed by atoms with van der Waals surface area (Å²) in [5.74, 6) is -0.775. The lowest BCUT2D eigenvalue weighted by Crippen LogP contribution is -2.22. The maximum Gasteiger partial charge on any atom is 0.286 e. The summed E-state index contributed by atoms with van der Waals surface area (Å²) in [5.41, 5.74) is 1.88. The summed E-state index contributed by atoms with van der Waals surface area (Å²) in [6.45, 7) is 0.288. The molecule has 20 heavy (non-hydrogen) atoms. The molecule has 0 aliphatic heterocycles. The van der Waals surface area contributed by atoms with Gasteiger partial charge in [-0.25, -0.2) is 9.07 Å². The van der Waals surface area contributed by atoms with Crippen LogP contribution < -0.4 is 5.56 Å². The van der Waals surface area contributed by atoms with Gasteiger partial charge >= 0.3 is 0 Å². The van der Waals surface area contributed by atoms with Gasteiger partial charge in [0, 0.05) is 17.7 Å². The van der Waals surface area contributed by atoms with Crippen molar-refractivity contribution >= 4 is 27.0 Å². The molecule has 102 valence electrons. The predicted octanol–water partition coefficient (Wildman–Crippen LogP) is 2.08. The second-order valence-corrected chi connectivity index (χ2v) is 5.39. The van der Waals surface area contributed by atoms with Crippen molar-refractivity contribution in [3.63, 3.8) is 0 Å². The van der Waals surface area contributed by atoms with Crippen LogP contribution in [0.4, 0.5) is 4.39 Å². The maximum absolute atomic E-state index is 13.4. The Bertz CT molecular complexity index is 855. The molecule has 0 aliphatic carbocycles. The van der Waals surface area contributed by atoms with Gasteiger partial charge in [-0.1, -0.05) is 11.3 Å². The number of pyridine rings is 1. The van der Waals surface area contributed by atoms with Gasteiger partial charge in [0.2, 0.25) is 0 Å². The highest BCUT2D eigenvalue weighted by Gasteiger charge is 2.07. The first-order valence-corrected chi connectivity index (χ1v) is 6.68. The van der Waals surface area contributed by atoms with E-state index in [1.807, 2.05) is 18.2 Å². The van der Waals surface area contributed by atoms with Gasteiger partial charge in [-0.15, -0.1) is 5.10 Å². The van der Waals surface area contributed by atoms with Crippen LogP contribution in [0.5, 0.6) is 0 Å². The predicted molar refractivity (Wildman–Crippen MR) is 76.0 cm³/mol. The lowest BCUT2D eigenvalue weighted by atomic mass is 10.2. The van der Waals surface area contributed by atoms with Crippen molar-refractivity contribution in [1.82, 2.24) is 19.6 Å². The molecule has 1 aromatic carbocycles. The largest absolute Gasteiger partial charge is 0.307 e. The summed E-state index contributed by atoms with van der Waals surface area (Å²) in [6, 6.07) is 6.73. The van der Waals surface area contributed by atoms with Gasteiger partial charge in [0.1, 0.15) is 5.52 Å². The van der Waals surface area contributed by atoms with Gasteiger partial charge in [-0.3, -0.25) is 4.79 Å². The molecule has 0 saturated carbocycles. The molecule has 7 heteroatoms. The number of benzene rings is 1. The van der Waals surface area contributed by atoms with Crippen LogP contribution in [0.3, 0.4) is 0 Å². The van der Waals surface area contributed by atoms with E-state index in [9.17, 15) is 9.18 Å². The molecule has 0 unspecified atom stereocenters. The second-order valence-electron chi connectivity index (χ2n) is 4.48. The van der Waals surface area contributed by atoms with Crippen molar-refractivity contribution in [3.8, 4) is 0 Å². The number of halogens is 2. The minimum absolute atomic E-state index is 0.288. The summed E-state index contributed by atoms with van der Waals surface area (Å²) in [7, 11) is 1.80. The third kappa shape index (κ3) is 2.24. The molecule has 3 rings (SSSR count). The van der Waals surface area contributed by atoms with Crippen LogP contribution >= 0.6 is 15.9 Å². The minimum atomic E-state index is -0.775. The third-order valence-corrected chi connectivity index (χ3v) is 3.47. The summed E-state index contributed by atoms with van der Waals surface area (Å²) < 4.78 is 16.9. The van der Waals surface area contributed by atoms with Crippen LogP contribution in [0.25, 0.3) is 11.0 Å². The number of rotatable bonds is 2. The van der Waals surface area contributed by atoms with Crippen LogP contribution in [-0.2, 0) is 13.6 Å². The van der Waals surface area contributed by atoms with E-state index in [2.05, 4.69) is 26.2 Å². The molecule has 0 saturated heterocycles. The third-order valence-electron chi connectivity index (χ3n) is 3.04. The smallest absolute Gasteiger partial charge is 0.286 e. The van der Waals surface area contributed by atoms with E-state index in [0.29, 0.717) is 4.47 Å². The topological polar surface area (TPSA) is 52.7 Å². The Labute approximate surface area is 121 Å². The Morgan fingerprint density at radius 1 is 1.35 bits per heavy atom. The first-order chi connectivity index (χ1) is 9.54. The van der Waals surface area contributed by atoms with E-state index >= 15 is 0 Å². The van der Waals surface area contributed by atoms with Crippen LogP contribution in [0.2, 0.25) is 0 Å². The zero-order valence-corrected chi connectivity index (χ0v) is 12.1. The van der Waals surface area contributed by atoms with Gasteiger partial charge in [0.25, 0.3) is 5.56 Å². The molecule has 0 amide bonds. The lowest BCUT2D eigenvalue weighted by molar-refractivity contribution is 0.579. The van der Waals surface area contributed by atoms with Crippen LogP contribution in [0.1, 0.15) is 5.56 Å². The molecule has 0 aliphatic rings. The molecule has 0 atom stereocenters. The average molecular weight is 337 g/mol. The number of aryl methyl sites for hydroxylation is 1. The second kappa shape index (κ2) is 4.82. The SMILES string of the molecule is Cn1nnc2ccc(Cn3cc(Br)cc(F)c3=O)cc21. The number of aromatic nitrogens is 4. The van der Waals surface area contributed by atoms with E-state index in [0.717, 1.165) is 22.7 Å². The molecular formula is C13H10BrFN4O. The highest BCUT2D eigenvalue weighted by molar-refractivity contribution is 9.10. The maximum atomic E-state index is 13.4. The summed E-state index contributed by atoms with van der Waals surface area (Å²) >= 11 is 3.18. The number of hydrogen-bond acceptors (Lipinski definition) is 3. The zero-order valence-electron chi connectivity index (χ0n) is 10.5. The zero-order chi connectivity index (χ0) is 14.3. The summed E-state index contributed by atoms with van der Waals surface area (Å²) in [5, 5.41) is 7.91. The van der Waals surface area contributed by atoms with Crippen molar-refractivity contribution in [2.75, 3.05) is 0 Å². The Kier molecular flexibility index (Phi) is 3.13. The molecule has 0 N–H and O–H groups in total. The van der Waals surface area contributed by atoms with Gasteiger partial charge in [0.05, 0.1) is 12.1 Å². The van der Waals surface area contributed by atoms with Crippen molar-refractivity contribution < 1.29 is 4.39 Å². The first kappa shape index (κ1) is 13.0. The van der Waals surface area contributed by atoms with E-state index < -0.39 is 11.4 Å². The first-order valence-electron chi connectivity index (χ1n) is 5.88. The van der Waals surface area contributed by atoms with E-state index in [-0.39, 0.29) is 6.54 Å². The molecular weight excluding hydrogens is 327 g/mol.